The van der Waals surface area contributed by atoms with Crippen LogP contribution in [0.4, 0.5) is 17.1 Å². The molecule has 342 valence electrons. The van der Waals surface area contributed by atoms with Crippen LogP contribution in [0.5, 0.6) is 0 Å². The van der Waals surface area contributed by atoms with E-state index >= 15 is 0 Å². The SMILES string of the molecule is CC1(C)c2ccccc2-c2ccc(N(c3ccc4c(c3)-c3ccc(-c5nc6ccccc6cc5-c5ccccc5)cc3C4(c3ccccc3)c3ccccc3)c3ccc4c(c3)C(C)(C)c3ccccc3-4)cc21. The van der Waals surface area contributed by atoms with Gasteiger partial charge in [0.15, 0.2) is 0 Å². The van der Waals surface area contributed by atoms with Gasteiger partial charge >= 0.3 is 0 Å². The van der Waals surface area contributed by atoms with Crippen LogP contribution in [0.25, 0.3) is 66.7 Å². The van der Waals surface area contributed by atoms with Crippen LogP contribution in [0.3, 0.4) is 0 Å². The van der Waals surface area contributed by atoms with E-state index in [-0.39, 0.29) is 10.8 Å². The number of hydrogen-bond acceptors (Lipinski definition) is 2. The summed E-state index contributed by atoms with van der Waals surface area (Å²) in [5, 5.41) is 1.13. The number of nitrogens with zero attached hydrogens (tertiary/aromatic N) is 2. The van der Waals surface area contributed by atoms with E-state index in [1.165, 1.54) is 77.9 Å². The molecule has 3 aliphatic rings. The molecule has 1 aromatic heterocycles. The van der Waals surface area contributed by atoms with Crippen LogP contribution in [-0.4, -0.2) is 4.98 Å². The van der Waals surface area contributed by atoms with Gasteiger partial charge in [-0.05, 0) is 138 Å². The molecule has 0 atom stereocenters. The molecule has 10 aromatic carbocycles. The van der Waals surface area contributed by atoms with Crippen LogP contribution in [0.15, 0.2) is 243 Å². The molecular weight excluding hydrogens is 869 g/mol. The maximum absolute atomic E-state index is 5.48. The van der Waals surface area contributed by atoms with Crippen LogP contribution in [-0.2, 0) is 16.2 Å². The highest BCUT2D eigenvalue weighted by Crippen LogP contribution is 2.59. The molecule has 0 spiro atoms. The zero-order valence-corrected chi connectivity index (χ0v) is 41.0. The molecule has 2 nitrogen and oxygen atoms in total. The monoisotopic (exact) mass is 920 g/mol. The summed E-state index contributed by atoms with van der Waals surface area (Å²) in [6.07, 6.45) is 0. The third kappa shape index (κ3) is 6.05. The van der Waals surface area contributed by atoms with Gasteiger partial charge in [-0.25, -0.2) is 4.98 Å². The Morgan fingerprint density at radius 3 is 1.39 bits per heavy atom. The van der Waals surface area contributed by atoms with Crippen molar-refractivity contribution < 1.29 is 0 Å². The first kappa shape index (κ1) is 42.3. The Labute approximate surface area is 422 Å². The smallest absolute Gasteiger partial charge is 0.0788 e. The quantitative estimate of drug-likeness (QED) is 0.158. The van der Waals surface area contributed by atoms with E-state index < -0.39 is 5.41 Å². The topological polar surface area (TPSA) is 16.1 Å². The van der Waals surface area contributed by atoms with E-state index in [4.69, 9.17) is 4.98 Å². The lowest BCUT2D eigenvalue weighted by atomic mass is 9.67. The number of pyridine rings is 1. The van der Waals surface area contributed by atoms with Crippen molar-refractivity contribution in [2.24, 2.45) is 0 Å². The number of aromatic nitrogens is 1. The molecule has 0 aliphatic heterocycles. The highest BCUT2D eigenvalue weighted by Gasteiger charge is 2.47. The first-order valence-corrected chi connectivity index (χ1v) is 25.4. The second-order valence-electron chi connectivity index (χ2n) is 21.1. The van der Waals surface area contributed by atoms with Crippen molar-refractivity contribution in [3.8, 4) is 55.8 Å². The van der Waals surface area contributed by atoms with Crippen molar-refractivity contribution in [2.75, 3.05) is 4.90 Å². The average molecular weight is 921 g/mol. The zero-order chi connectivity index (χ0) is 48.3. The fraction of sp³-hybridized carbons (Fsp3) is 0.100. The molecule has 11 aromatic rings. The minimum atomic E-state index is -0.622. The Hall–Kier alpha value is -8.59. The fourth-order valence-electron chi connectivity index (χ4n) is 13.1. The summed E-state index contributed by atoms with van der Waals surface area (Å²) >= 11 is 0. The normalized spacial score (nSPS) is 14.7. The second-order valence-corrected chi connectivity index (χ2v) is 21.1. The van der Waals surface area contributed by atoms with E-state index in [1.807, 2.05) is 0 Å². The highest BCUT2D eigenvalue weighted by atomic mass is 15.1. The number of fused-ring (bicyclic) bond motifs is 10. The summed E-state index contributed by atoms with van der Waals surface area (Å²) in [5.74, 6) is 0. The first-order valence-electron chi connectivity index (χ1n) is 25.4. The molecule has 0 radical (unpaired) electrons. The fourth-order valence-corrected chi connectivity index (χ4v) is 13.1. The van der Waals surface area contributed by atoms with Crippen molar-refractivity contribution in [2.45, 2.75) is 43.9 Å². The van der Waals surface area contributed by atoms with Gasteiger partial charge in [0.25, 0.3) is 0 Å². The van der Waals surface area contributed by atoms with Gasteiger partial charge in [-0.15, -0.1) is 0 Å². The van der Waals surface area contributed by atoms with Gasteiger partial charge in [-0.3, -0.25) is 0 Å². The Bertz CT molecular complexity index is 3830. The highest BCUT2D eigenvalue weighted by molar-refractivity contribution is 5.96. The molecule has 1 heterocycles. The maximum atomic E-state index is 5.48. The minimum absolute atomic E-state index is 0.158. The largest absolute Gasteiger partial charge is 0.310 e. The van der Waals surface area contributed by atoms with Gasteiger partial charge in [-0.1, -0.05) is 216 Å². The molecule has 0 amide bonds. The number of rotatable bonds is 7. The van der Waals surface area contributed by atoms with E-state index in [1.54, 1.807) is 0 Å². The minimum Gasteiger partial charge on any atom is -0.310 e. The summed E-state index contributed by atoms with van der Waals surface area (Å²) in [6, 6.07) is 90.5. The van der Waals surface area contributed by atoms with Gasteiger partial charge in [0.05, 0.1) is 16.6 Å². The van der Waals surface area contributed by atoms with Crippen molar-refractivity contribution in [3.05, 3.63) is 287 Å². The van der Waals surface area contributed by atoms with Gasteiger partial charge in [0.2, 0.25) is 0 Å². The molecular formula is C70H52N2. The molecule has 0 N–H and O–H groups in total. The standard InChI is InChI=1S/C70H52N2/c1-68(2)60-29-17-15-27-53(60)55-37-33-51(43-63(55)68)72(52-34-38-56-54-28-16-18-30-61(54)69(3,4)64(56)44-52)50-35-39-62-59(42-50)57-36-32-47(41-65(57)70(62,48-23-10-6-11-24-48)49-25-12-7-13-26-49)67-58(45-20-8-5-9-21-45)40-46-22-14-19-31-66(46)71-67/h5-44H,1-4H3. The van der Waals surface area contributed by atoms with Crippen molar-refractivity contribution in [1.29, 1.82) is 0 Å². The average Bonchev–Trinajstić information content (AvgIpc) is 3.95. The number of anilines is 3. The van der Waals surface area contributed by atoms with Crippen LogP contribution in [0, 0.1) is 0 Å². The number of hydrogen-bond donors (Lipinski definition) is 0. The van der Waals surface area contributed by atoms with Crippen LogP contribution >= 0.6 is 0 Å². The Morgan fingerprint density at radius 2 is 0.778 bits per heavy atom. The lowest BCUT2D eigenvalue weighted by Gasteiger charge is -2.34. The third-order valence-corrected chi connectivity index (χ3v) is 16.5. The first-order chi connectivity index (χ1) is 35.2. The van der Waals surface area contributed by atoms with Crippen molar-refractivity contribution >= 4 is 28.0 Å². The van der Waals surface area contributed by atoms with E-state index in [0.29, 0.717) is 0 Å². The Balaban J connectivity index is 1.02. The molecule has 3 aliphatic carbocycles. The summed E-state index contributed by atoms with van der Waals surface area (Å²) in [5.41, 5.74) is 25.9. The Morgan fingerprint density at radius 1 is 0.306 bits per heavy atom. The van der Waals surface area contributed by atoms with Gasteiger partial charge in [-0.2, -0.15) is 0 Å². The number of para-hydroxylation sites is 1. The van der Waals surface area contributed by atoms with Crippen LogP contribution in [0.2, 0.25) is 0 Å². The number of benzene rings is 10. The lowest BCUT2D eigenvalue weighted by Crippen LogP contribution is -2.28. The molecule has 0 fully saturated rings. The molecule has 0 saturated carbocycles. The predicted octanol–water partition coefficient (Wildman–Crippen LogP) is 18.0. The summed E-state index contributed by atoms with van der Waals surface area (Å²) in [7, 11) is 0. The molecule has 0 bridgehead atoms. The molecule has 0 saturated heterocycles. The van der Waals surface area contributed by atoms with Gasteiger partial charge in [0.1, 0.15) is 0 Å². The van der Waals surface area contributed by atoms with E-state index in [9.17, 15) is 0 Å². The van der Waals surface area contributed by atoms with E-state index in [0.717, 1.165) is 50.3 Å². The van der Waals surface area contributed by atoms with Gasteiger partial charge in [0, 0.05) is 44.4 Å². The molecule has 72 heavy (non-hydrogen) atoms. The Kier molecular flexibility index (Phi) is 9.23. The molecule has 0 unspecified atom stereocenters. The van der Waals surface area contributed by atoms with E-state index in [2.05, 4.69) is 275 Å². The zero-order valence-electron chi connectivity index (χ0n) is 41.0. The third-order valence-electron chi connectivity index (χ3n) is 16.5. The molecule has 2 heteroatoms. The molecule has 14 rings (SSSR count). The van der Waals surface area contributed by atoms with Gasteiger partial charge < -0.3 is 4.90 Å². The maximum Gasteiger partial charge on any atom is 0.0788 e. The summed E-state index contributed by atoms with van der Waals surface area (Å²) < 4.78 is 0. The second kappa shape index (κ2) is 15.7. The lowest BCUT2D eigenvalue weighted by molar-refractivity contribution is 0.660. The van der Waals surface area contributed by atoms with Crippen LogP contribution in [0.1, 0.15) is 72.2 Å². The van der Waals surface area contributed by atoms with Crippen molar-refractivity contribution in [1.82, 2.24) is 4.98 Å². The summed E-state index contributed by atoms with van der Waals surface area (Å²) in [6.45, 7) is 9.52. The summed E-state index contributed by atoms with van der Waals surface area (Å²) in [4.78, 5) is 8.00. The predicted molar refractivity (Wildman–Crippen MR) is 300 cm³/mol. The van der Waals surface area contributed by atoms with Crippen molar-refractivity contribution in [3.63, 3.8) is 0 Å². The van der Waals surface area contributed by atoms with Crippen LogP contribution < -0.4 is 4.90 Å².